The first kappa shape index (κ1) is 20.7. The van der Waals surface area contributed by atoms with Crippen LogP contribution in [0.25, 0.3) is 0 Å². The average molecular weight is 392 g/mol. The Bertz CT molecular complexity index is 718. The fourth-order valence-electron chi connectivity index (χ4n) is 2.76. The minimum absolute atomic E-state index is 0.0380. The van der Waals surface area contributed by atoms with Gasteiger partial charge in [0.05, 0.1) is 13.2 Å². The van der Waals surface area contributed by atoms with E-state index in [0.717, 1.165) is 40.5 Å². The van der Waals surface area contributed by atoms with E-state index in [-0.39, 0.29) is 11.9 Å². The molecule has 1 amide bonds. The summed E-state index contributed by atoms with van der Waals surface area (Å²) in [6.45, 7) is 4.10. The molecule has 26 heavy (non-hydrogen) atoms. The van der Waals surface area contributed by atoms with Gasteiger partial charge in [-0.15, -0.1) is 11.8 Å². The Hall–Kier alpha value is -1.65. The van der Waals surface area contributed by atoms with Gasteiger partial charge in [-0.05, 0) is 67.0 Å². The first-order valence-electron chi connectivity index (χ1n) is 8.85. The lowest BCUT2D eigenvalue weighted by Crippen LogP contribution is -2.28. The summed E-state index contributed by atoms with van der Waals surface area (Å²) in [7, 11) is 1.67. The topological polar surface area (TPSA) is 38.3 Å². The van der Waals surface area contributed by atoms with Crippen LogP contribution in [0.2, 0.25) is 5.02 Å². The van der Waals surface area contributed by atoms with Crippen molar-refractivity contribution in [2.24, 2.45) is 0 Å². The molecule has 0 saturated heterocycles. The molecular weight excluding hydrogens is 366 g/mol. The number of benzene rings is 2. The average Bonchev–Trinajstić information content (AvgIpc) is 2.64. The standard InChI is InChI=1S/C21H26ClNO2S/c1-4-19(16-7-12-20(25-3)15(2)14-16)23-21(24)6-5-13-26-18-10-8-17(22)9-11-18/h7-12,14,19H,4-6,13H2,1-3H3,(H,23,24). The minimum atomic E-state index is 0.0380. The Kier molecular flexibility index (Phi) is 8.33. The number of nitrogens with one attached hydrogen (secondary N) is 1. The van der Waals surface area contributed by atoms with Crippen molar-refractivity contribution in [2.45, 2.75) is 44.0 Å². The van der Waals surface area contributed by atoms with Gasteiger partial charge >= 0.3 is 0 Å². The first-order chi connectivity index (χ1) is 12.5. The third-order valence-electron chi connectivity index (χ3n) is 4.20. The minimum Gasteiger partial charge on any atom is -0.496 e. The summed E-state index contributed by atoms with van der Waals surface area (Å²) < 4.78 is 5.31. The van der Waals surface area contributed by atoms with E-state index in [1.807, 2.05) is 43.3 Å². The van der Waals surface area contributed by atoms with E-state index in [1.165, 1.54) is 4.90 Å². The molecule has 0 radical (unpaired) electrons. The third-order valence-corrected chi connectivity index (χ3v) is 5.55. The third kappa shape index (κ3) is 6.26. The molecule has 0 aliphatic rings. The van der Waals surface area contributed by atoms with Crippen LogP contribution >= 0.6 is 23.4 Å². The van der Waals surface area contributed by atoms with Crippen molar-refractivity contribution in [1.82, 2.24) is 5.32 Å². The lowest BCUT2D eigenvalue weighted by Gasteiger charge is -2.19. The molecule has 0 fully saturated rings. The van der Waals surface area contributed by atoms with Crippen molar-refractivity contribution < 1.29 is 9.53 Å². The van der Waals surface area contributed by atoms with E-state index >= 15 is 0 Å². The number of hydrogen-bond acceptors (Lipinski definition) is 3. The number of carbonyl (C=O) groups is 1. The Morgan fingerprint density at radius 3 is 2.58 bits per heavy atom. The van der Waals surface area contributed by atoms with Gasteiger partial charge in [-0.1, -0.05) is 30.7 Å². The van der Waals surface area contributed by atoms with Gasteiger partial charge in [-0.3, -0.25) is 4.79 Å². The Morgan fingerprint density at radius 2 is 1.96 bits per heavy atom. The van der Waals surface area contributed by atoms with Gasteiger partial charge in [0.2, 0.25) is 5.91 Å². The van der Waals surface area contributed by atoms with Crippen LogP contribution in [0, 0.1) is 6.92 Å². The largest absolute Gasteiger partial charge is 0.496 e. The maximum absolute atomic E-state index is 12.3. The summed E-state index contributed by atoms with van der Waals surface area (Å²) >= 11 is 7.63. The van der Waals surface area contributed by atoms with E-state index < -0.39 is 0 Å². The normalized spacial score (nSPS) is 11.8. The van der Waals surface area contributed by atoms with Gasteiger partial charge in [-0.2, -0.15) is 0 Å². The zero-order valence-corrected chi connectivity index (χ0v) is 17.1. The lowest BCUT2D eigenvalue weighted by molar-refractivity contribution is -0.121. The Balaban J connectivity index is 1.79. The highest BCUT2D eigenvalue weighted by Crippen LogP contribution is 2.25. The first-order valence-corrected chi connectivity index (χ1v) is 10.2. The number of carbonyl (C=O) groups excluding carboxylic acids is 1. The molecule has 0 aliphatic carbocycles. The number of amides is 1. The second kappa shape index (κ2) is 10.5. The lowest BCUT2D eigenvalue weighted by atomic mass is 10.0. The number of ether oxygens (including phenoxy) is 1. The predicted octanol–water partition coefficient (Wildman–Crippen LogP) is 5.80. The molecule has 0 aromatic heterocycles. The highest BCUT2D eigenvalue weighted by atomic mass is 35.5. The van der Waals surface area contributed by atoms with Crippen molar-refractivity contribution in [2.75, 3.05) is 12.9 Å². The summed E-state index contributed by atoms with van der Waals surface area (Å²) in [4.78, 5) is 13.5. The molecular formula is C21H26ClNO2S. The molecule has 0 spiro atoms. The Labute approximate surface area is 165 Å². The van der Waals surface area contributed by atoms with E-state index in [9.17, 15) is 4.79 Å². The molecule has 5 heteroatoms. The quantitative estimate of drug-likeness (QED) is 0.433. The second-order valence-electron chi connectivity index (χ2n) is 6.16. The number of rotatable bonds is 9. The summed E-state index contributed by atoms with van der Waals surface area (Å²) in [5.74, 6) is 1.88. The summed E-state index contributed by atoms with van der Waals surface area (Å²) in [5.41, 5.74) is 2.20. The second-order valence-corrected chi connectivity index (χ2v) is 7.77. The molecule has 1 N–H and O–H groups in total. The SMILES string of the molecule is CCC(NC(=O)CCCSc1ccc(Cl)cc1)c1ccc(OC)c(C)c1. The van der Waals surface area contributed by atoms with Crippen molar-refractivity contribution >= 4 is 29.3 Å². The van der Waals surface area contributed by atoms with Gasteiger partial charge in [-0.25, -0.2) is 0 Å². The zero-order valence-electron chi connectivity index (χ0n) is 15.5. The molecule has 0 saturated carbocycles. The Morgan fingerprint density at radius 1 is 1.23 bits per heavy atom. The predicted molar refractivity (Wildman–Crippen MR) is 110 cm³/mol. The van der Waals surface area contributed by atoms with E-state index in [2.05, 4.69) is 18.3 Å². The fraction of sp³-hybridized carbons (Fsp3) is 0.381. The molecule has 1 unspecified atom stereocenters. The smallest absolute Gasteiger partial charge is 0.220 e. The van der Waals surface area contributed by atoms with E-state index in [1.54, 1.807) is 18.9 Å². The van der Waals surface area contributed by atoms with Crippen molar-refractivity contribution in [3.8, 4) is 5.75 Å². The number of thioether (sulfide) groups is 1. The van der Waals surface area contributed by atoms with Gasteiger partial charge in [0.1, 0.15) is 5.75 Å². The molecule has 0 heterocycles. The van der Waals surface area contributed by atoms with Crippen LogP contribution < -0.4 is 10.1 Å². The number of halogens is 1. The molecule has 0 bridgehead atoms. The van der Waals surface area contributed by atoms with Gasteiger partial charge < -0.3 is 10.1 Å². The summed E-state index contributed by atoms with van der Waals surface area (Å²) in [5, 5.41) is 3.89. The van der Waals surface area contributed by atoms with Crippen molar-refractivity contribution in [3.63, 3.8) is 0 Å². The van der Waals surface area contributed by atoms with Gasteiger partial charge in [0.25, 0.3) is 0 Å². The molecule has 2 aromatic carbocycles. The van der Waals surface area contributed by atoms with Gasteiger partial charge in [0, 0.05) is 16.3 Å². The van der Waals surface area contributed by atoms with Crippen LogP contribution in [-0.2, 0) is 4.79 Å². The summed E-state index contributed by atoms with van der Waals surface area (Å²) in [6, 6.07) is 13.9. The van der Waals surface area contributed by atoms with Crippen LogP contribution in [0.5, 0.6) is 5.75 Å². The maximum Gasteiger partial charge on any atom is 0.220 e. The highest BCUT2D eigenvalue weighted by Gasteiger charge is 2.13. The molecule has 140 valence electrons. The molecule has 3 nitrogen and oxygen atoms in total. The number of methoxy groups -OCH3 is 1. The molecule has 1 atom stereocenters. The van der Waals surface area contributed by atoms with Crippen LogP contribution in [0.15, 0.2) is 47.4 Å². The molecule has 2 aromatic rings. The van der Waals surface area contributed by atoms with Crippen LogP contribution in [0.1, 0.15) is 43.4 Å². The van der Waals surface area contributed by atoms with E-state index in [0.29, 0.717) is 6.42 Å². The number of aryl methyl sites for hydroxylation is 1. The maximum atomic E-state index is 12.3. The van der Waals surface area contributed by atoms with Crippen LogP contribution in [0.4, 0.5) is 0 Å². The van der Waals surface area contributed by atoms with E-state index in [4.69, 9.17) is 16.3 Å². The number of hydrogen-bond donors (Lipinski definition) is 1. The van der Waals surface area contributed by atoms with Crippen LogP contribution in [-0.4, -0.2) is 18.8 Å². The monoisotopic (exact) mass is 391 g/mol. The summed E-state index contributed by atoms with van der Waals surface area (Å²) in [6.07, 6.45) is 2.24. The highest BCUT2D eigenvalue weighted by molar-refractivity contribution is 7.99. The fourth-order valence-corrected chi connectivity index (χ4v) is 3.74. The molecule has 0 aliphatic heterocycles. The van der Waals surface area contributed by atoms with Gasteiger partial charge in [0.15, 0.2) is 0 Å². The van der Waals surface area contributed by atoms with Crippen LogP contribution in [0.3, 0.4) is 0 Å². The van der Waals surface area contributed by atoms with Crippen molar-refractivity contribution in [3.05, 3.63) is 58.6 Å². The van der Waals surface area contributed by atoms with Crippen molar-refractivity contribution in [1.29, 1.82) is 0 Å². The molecule has 2 rings (SSSR count). The zero-order chi connectivity index (χ0) is 18.9.